The van der Waals surface area contributed by atoms with Crippen LogP contribution in [0, 0.1) is 37.5 Å². The normalized spacial score (nSPS) is 10.6. The standard InChI is InChI=1S/C23H21ClN2O3/c1-5-7-29-22-20(24)12-17(13-21(22)28-6-2)11-18(14-25)23(27)26-19-9-15(3)8-16(4)10-19/h1,8-13H,6-7H2,2-4H3,(H,26,27)/b18-11+. The highest BCUT2D eigenvalue weighted by molar-refractivity contribution is 6.32. The number of rotatable bonds is 7. The van der Waals surface area contributed by atoms with Gasteiger partial charge in [-0.2, -0.15) is 5.26 Å². The molecule has 2 aromatic carbocycles. The van der Waals surface area contributed by atoms with E-state index in [0.717, 1.165) is 11.1 Å². The van der Waals surface area contributed by atoms with Crippen LogP contribution in [0.2, 0.25) is 5.02 Å². The summed E-state index contributed by atoms with van der Waals surface area (Å²) in [6, 6.07) is 10.8. The monoisotopic (exact) mass is 408 g/mol. The van der Waals surface area contributed by atoms with Gasteiger partial charge in [0, 0.05) is 5.69 Å². The highest BCUT2D eigenvalue weighted by atomic mass is 35.5. The molecule has 0 heterocycles. The molecule has 0 unspecified atom stereocenters. The molecule has 1 amide bonds. The second kappa shape index (κ2) is 10.2. The van der Waals surface area contributed by atoms with Crippen molar-refractivity contribution >= 4 is 29.3 Å². The zero-order valence-electron chi connectivity index (χ0n) is 16.5. The number of carbonyl (C=O) groups is 1. The second-order valence-electron chi connectivity index (χ2n) is 6.26. The SMILES string of the molecule is C#CCOc1c(Cl)cc(/C=C(\C#N)C(=O)Nc2cc(C)cc(C)c2)cc1OCC. The molecule has 0 aromatic heterocycles. The first-order valence-electron chi connectivity index (χ1n) is 8.92. The van der Waals surface area contributed by atoms with Crippen molar-refractivity contribution in [3.05, 3.63) is 57.6 Å². The Labute approximate surface area is 175 Å². The van der Waals surface area contributed by atoms with Crippen molar-refractivity contribution in [2.45, 2.75) is 20.8 Å². The van der Waals surface area contributed by atoms with E-state index in [9.17, 15) is 10.1 Å². The molecule has 0 aliphatic heterocycles. The van der Waals surface area contributed by atoms with Crippen molar-refractivity contribution in [2.24, 2.45) is 0 Å². The smallest absolute Gasteiger partial charge is 0.266 e. The minimum absolute atomic E-state index is 0.0384. The Morgan fingerprint density at radius 3 is 2.48 bits per heavy atom. The molecule has 0 bridgehead atoms. The maximum atomic E-state index is 12.6. The zero-order chi connectivity index (χ0) is 21.4. The molecule has 0 spiro atoms. The number of hydrogen-bond donors (Lipinski definition) is 1. The van der Waals surface area contributed by atoms with Gasteiger partial charge in [0.15, 0.2) is 11.5 Å². The average molecular weight is 409 g/mol. The number of nitrogens with zero attached hydrogens (tertiary/aromatic N) is 1. The van der Waals surface area contributed by atoms with E-state index in [1.807, 2.05) is 45.0 Å². The number of terminal acetylenes is 1. The number of nitriles is 1. The molecule has 29 heavy (non-hydrogen) atoms. The Morgan fingerprint density at radius 2 is 1.90 bits per heavy atom. The van der Waals surface area contributed by atoms with Crippen molar-refractivity contribution in [1.82, 2.24) is 0 Å². The molecular formula is C23H21ClN2O3. The van der Waals surface area contributed by atoms with Crippen molar-refractivity contribution in [3.63, 3.8) is 0 Å². The van der Waals surface area contributed by atoms with Crippen molar-refractivity contribution in [3.8, 4) is 29.9 Å². The molecule has 2 aromatic rings. The van der Waals surface area contributed by atoms with Crippen LogP contribution >= 0.6 is 11.6 Å². The number of halogens is 1. The minimum Gasteiger partial charge on any atom is -0.490 e. The summed E-state index contributed by atoms with van der Waals surface area (Å²) in [7, 11) is 0. The third-order valence-corrected chi connectivity index (χ3v) is 4.07. The Kier molecular flexibility index (Phi) is 7.71. The van der Waals surface area contributed by atoms with E-state index in [4.69, 9.17) is 27.5 Å². The first-order chi connectivity index (χ1) is 13.9. The summed E-state index contributed by atoms with van der Waals surface area (Å²) in [4.78, 5) is 12.6. The molecule has 0 saturated carbocycles. The highest BCUT2D eigenvalue weighted by Gasteiger charge is 2.15. The highest BCUT2D eigenvalue weighted by Crippen LogP contribution is 2.37. The topological polar surface area (TPSA) is 71.3 Å². The van der Waals surface area contributed by atoms with Crippen molar-refractivity contribution < 1.29 is 14.3 Å². The number of benzene rings is 2. The number of anilines is 1. The van der Waals surface area contributed by atoms with E-state index in [2.05, 4.69) is 11.2 Å². The first-order valence-corrected chi connectivity index (χ1v) is 9.29. The Morgan fingerprint density at radius 1 is 1.21 bits per heavy atom. The van der Waals surface area contributed by atoms with Gasteiger partial charge in [-0.25, -0.2) is 0 Å². The van der Waals surface area contributed by atoms with E-state index in [-0.39, 0.29) is 17.2 Å². The van der Waals surface area contributed by atoms with Gasteiger partial charge in [0.1, 0.15) is 18.2 Å². The van der Waals surface area contributed by atoms with Crippen LogP contribution in [-0.4, -0.2) is 19.1 Å². The first kappa shape index (κ1) is 21.9. The van der Waals surface area contributed by atoms with Crippen molar-refractivity contribution in [1.29, 1.82) is 5.26 Å². The van der Waals surface area contributed by atoms with Gasteiger partial charge in [-0.15, -0.1) is 6.42 Å². The second-order valence-corrected chi connectivity index (χ2v) is 6.66. The van der Waals surface area contributed by atoms with Crippen LogP contribution in [-0.2, 0) is 4.79 Å². The fourth-order valence-corrected chi connectivity index (χ4v) is 3.02. The quantitative estimate of drug-likeness (QED) is 0.401. The predicted molar refractivity (Wildman–Crippen MR) is 115 cm³/mol. The summed E-state index contributed by atoms with van der Waals surface area (Å²) in [6.07, 6.45) is 6.67. The average Bonchev–Trinajstić information content (AvgIpc) is 2.64. The summed E-state index contributed by atoms with van der Waals surface area (Å²) < 4.78 is 11.0. The Bertz CT molecular complexity index is 1010. The number of ether oxygens (including phenoxy) is 2. The molecular weight excluding hydrogens is 388 g/mol. The third kappa shape index (κ3) is 6.04. The van der Waals surface area contributed by atoms with Crippen LogP contribution in [0.5, 0.6) is 11.5 Å². The lowest BCUT2D eigenvalue weighted by molar-refractivity contribution is -0.112. The van der Waals surface area contributed by atoms with E-state index >= 15 is 0 Å². The summed E-state index contributed by atoms with van der Waals surface area (Å²) in [6.45, 7) is 6.11. The lowest BCUT2D eigenvalue weighted by Crippen LogP contribution is -2.13. The molecule has 0 radical (unpaired) electrons. The van der Waals surface area contributed by atoms with Gasteiger partial charge in [-0.3, -0.25) is 4.79 Å². The number of hydrogen-bond acceptors (Lipinski definition) is 4. The van der Waals surface area contributed by atoms with Crippen molar-refractivity contribution in [2.75, 3.05) is 18.5 Å². The summed E-state index contributed by atoms with van der Waals surface area (Å²) in [5.74, 6) is 2.56. The minimum atomic E-state index is -0.515. The number of amides is 1. The lowest BCUT2D eigenvalue weighted by Gasteiger charge is -2.13. The zero-order valence-corrected chi connectivity index (χ0v) is 17.3. The molecule has 148 valence electrons. The van der Waals surface area contributed by atoms with E-state index in [1.54, 1.807) is 12.1 Å². The summed E-state index contributed by atoms with van der Waals surface area (Å²) >= 11 is 6.29. The molecule has 0 aliphatic rings. The van der Waals surface area contributed by atoms with Crippen LogP contribution in [0.25, 0.3) is 6.08 Å². The fraction of sp³-hybridized carbons (Fsp3) is 0.217. The number of aryl methyl sites for hydroxylation is 2. The van der Waals surface area contributed by atoms with E-state index in [0.29, 0.717) is 29.4 Å². The van der Waals surface area contributed by atoms with Gasteiger partial charge in [0.25, 0.3) is 5.91 Å². The maximum absolute atomic E-state index is 12.6. The Hall–Kier alpha value is -3.41. The molecule has 5 nitrogen and oxygen atoms in total. The van der Waals surface area contributed by atoms with Crippen LogP contribution in [0.3, 0.4) is 0 Å². The molecule has 2 rings (SSSR count). The molecule has 0 atom stereocenters. The molecule has 0 aliphatic carbocycles. The lowest BCUT2D eigenvalue weighted by atomic mass is 10.1. The van der Waals surface area contributed by atoms with Crippen LogP contribution in [0.4, 0.5) is 5.69 Å². The van der Waals surface area contributed by atoms with Gasteiger partial charge >= 0.3 is 0 Å². The van der Waals surface area contributed by atoms with Gasteiger partial charge in [0.2, 0.25) is 0 Å². The van der Waals surface area contributed by atoms with Crippen LogP contribution < -0.4 is 14.8 Å². The maximum Gasteiger partial charge on any atom is 0.266 e. The van der Waals surface area contributed by atoms with Crippen LogP contribution in [0.1, 0.15) is 23.6 Å². The Balaban J connectivity index is 2.35. The molecule has 1 N–H and O–H groups in total. The van der Waals surface area contributed by atoms with Gasteiger partial charge < -0.3 is 14.8 Å². The van der Waals surface area contributed by atoms with E-state index in [1.165, 1.54) is 6.08 Å². The molecule has 6 heteroatoms. The van der Waals surface area contributed by atoms with Gasteiger partial charge in [-0.05, 0) is 67.8 Å². The fourth-order valence-electron chi connectivity index (χ4n) is 2.75. The summed E-state index contributed by atoms with van der Waals surface area (Å²) in [5.41, 5.74) is 3.11. The number of nitrogens with one attached hydrogen (secondary N) is 1. The van der Waals surface area contributed by atoms with Gasteiger partial charge in [0.05, 0.1) is 11.6 Å². The largest absolute Gasteiger partial charge is 0.490 e. The van der Waals surface area contributed by atoms with Gasteiger partial charge in [-0.1, -0.05) is 23.6 Å². The molecule has 0 saturated heterocycles. The predicted octanol–water partition coefficient (Wildman–Crippen LogP) is 4.91. The third-order valence-electron chi connectivity index (χ3n) is 3.79. The number of carbonyl (C=O) groups excluding carboxylic acids is 1. The van der Waals surface area contributed by atoms with Crippen LogP contribution in [0.15, 0.2) is 35.9 Å². The summed E-state index contributed by atoms with van der Waals surface area (Å²) in [5, 5.41) is 12.5. The molecule has 0 fully saturated rings. The van der Waals surface area contributed by atoms with E-state index < -0.39 is 5.91 Å².